The van der Waals surface area contributed by atoms with E-state index in [9.17, 15) is 0 Å². The summed E-state index contributed by atoms with van der Waals surface area (Å²) in [4.78, 5) is 0. The average molecular weight is 264 g/mol. The predicted octanol–water partition coefficient (Wildman–Crippen LogP) is 4.48. The maximum atomic E-state index is 5.24. The lowest BCUT2D eigenvalue weighted by Crippen LogP contribution is -1.83. The van der Waals surface area contributed by atoms with Crippen molar-refractivity contribution in [1.29, 1.82) is 0 Å². The molecule has 1 aromatic carbocycles. The lowest BCUT2D eigenvalue weighted by atomic mass is 10.0. The predicted molar refractivity (Wildman–Crippen MR) is 65.5 cm³/mol. The average Bonchev–Trinajstić information content (AvgIpc) is 2.68. The maximum absolute atomic E-state index is 5.24. The quantitative estimate of drug-likeness (QED) is 0.796. The Morgan fingerprint density at radius 3 is 2.53 bits per heavy atom. The standard InChI is InChI=1S/C13H12BrO/c1-2-3-11-8-15-9-13(11)10-4-6-12(14)7-5-10/h4-9H,1-3H2. The van der Waals surface area contributed by atoms with Gasteiger partial charge in [0.2, 0.25) is 0 Å². The van der Waals surface area contributed by atoms with Crippen LogP contribution in [0.25, 0.3) is 11.1 Å². The van der Waals surface area contributed by atoms with Gasteiger partial charge in [-0.2, -0.15) is 0 Å². The van der Waals surface area contributed by atoms with Crippen molar-refractivity contribution >= 4 is 15.9 Å². The lowest BCUT2D eigenvalue weighted by molar-refractivity contribution is 0.564. The summed E-state index contributed by atoms with van der Waals surface area (Å²) >= 11 is 3.42. The largest absolute Gasteiger partial charge is 0.472 e. The Bertz CT molecular complexity index is 428. The number of aryl methyl sites for hydroxylation is 1. The van der Waals surface area contributed by atoms with Gasteiger partial charge < -0.3 is 4.42 Å². The van der Waals surface area contributed by atoms with Gasteiger partial charge in [-0.1, -0.05) is 35.0 Å². The number of rotatable bonds is 3. The highest BCUT2D eigenvalue weighted by atomic mass is 79.9. The summed E-state index contributed by atoms with van der Waals surface area (Å²) in [6, 6.07) is 8.25. The van der Waals surface area contributed by atoms with E-state index in [2.05, 4.69) is 35.0 Å². The molecule has 0 spiro atoms. The van der Waals surface area contributed by atoms with E-state index in [1.165, 1.54) is 16.7 Å². The smallest absolute Gasteiger partial charge is 0.0983 e. The van der Waals surface area contributed by atoms with Gasteiger partial charge in [-0.15, -0.1) is 0 Å². The highest BCUT2D eigenvalue weighted by Crippen LogP contribution is 2.27. The van der Waals surface area contributed by atoms with Crippen LogP contribution in [0.4, 0.5) is 0 Å². The van der Waals surface area contributed by atoms with Crippen LogP contribution in [-0.2, 0) is 6.42 Å². The molecule has 2 heteroatoms. The monoisotopic (exact) mass is 263 g/mol. The summed E-state index contributed by atoms with van der Waals surface area (Å²) < 4.78 is 6.33. The van der Waals surface area contributed by atoms with Gasteiger partial charge in [0, 0.05) is 10.0 Å². The van der Waals surface area contributed by atoms with Gasteiger partial charge in [0.1, 0.15) is 0 Å². The van der Waals surface area contributed by atoms with Gasteiger partial charge in [-0.05, 0) is 36.1 Å². The molecule has 15 heavy (non-hydrogen) atoms. The number of hydrogen-bond acceptors (Lipinski definition) is 1. The van der Waals surface area contributed by atoms with Crippen molar-refractivity contribution in [3.63, 3.8) is 0 Å². The third-order valence-corrected chi connectivity index (χ3v) is 2.87. The Hall–Kier alpha value is -1.02. The molecule has 0 saturated carbocycles. The molecular weight excluding hydrogens is 252 g/mol. The first-order valence-corrected chi connectivity index (χ1v) is 5.71. The minimum atomic E-state index is 0.892. The summed E-state index contributed by atoms with van der Waals surface area (Å²) in [6.07, 6.45) is 5.46. The molecule has 0 atom stereocenters. The fraction of sp³-hybridized carbons (Fsp3) is 0.154. The second-order valence-corrected chi connectivity index (χ2v) is 4.34. The summed E-state index contributed by atoms with van der Waals surface area (Å²) in [6.45, 7) is 3.86. The zero-order chi connectivity index (χ0) is 10.7. The van der Waals surface area contributed by atoms with E-state index in [0.29, 0.717) is 0 Å². The van der Waals surface area contributed by atoms with Gasteiger partial charge in [0.15, 0.2) is 0 Å². The molecule has 77 valence electrons. The lowest BCUT2D eigenvalue weighted by Gasteiger charge is -2.01. The normalized spacial score (nSPS) is 10.5. The SMILES string of the molecule is [CH2]CCc1cocc1-c1ccc(Br)cc1. The number of hydrogen-bond donors (Lipinski definition) is 0. The van der Waals surface area contributed by atoms with Crippen LogP contribution in [0.15, 0.2) is 45.7 Å². The van der Waals surface area contributed by atoms with Crippen molar-refractivity contribution in [1.82, 2.24) is 0 Å². The van der Waals surface area contributed by atoms with E-state index >= 15 is 0 Å². The molecular formula is C13H12BrO. The van der Waals surface area contributed by atoms with E-state index < -0.39 is 0 Å². The first-order chi connectivity index (χ1) is 7.31. The Kier molecular flexibility index (Phi) is 3.27. The zero-order valence-corrected chi connectivity index (χ0v) is 9.96. The van der Waals surface area contributed by atoms with Crippen molar-refractivity contribution in [2.75, 3.05) is 0 Å². The second-order valence-electron chi connectivity index (χ2n) is 3.42. The molecule has 0 N–H and O–H groups in total. The third-order valence-electron chi connectivity index (χ3n) is 2.34. The first-order valence-electron chi connectivity index (χ1n) is 4.91. The molecule has 2 rings (SSSR count). The summed E-state index contributed by atoms with van der Waals surface area (Å²) in [5.41, 5.74) is 3.59. The molecule has 0 unspecified atom stereocenters. The van der Waals surface area contributed by atoms with Crippen LogP contribution in [0, 0.1) is 6.92 Å². The van der Waals surface area contributed by atoms with Crippen LogP contribution in [-0.4, -0.2) is 0 Å². The van der Waals surface area contributed by atoms with Crippen molar-refractivity contribution in [3.05, 3.63) is 53.8 Å². The summed E-state index contributed by atoms with van der Waals surface area (Å²) in [7, 11) is 0. The molecule has 0 fully saturated rings. The van der Waals surface area contributed by atoms with Crippen molar-refractivity contribution in [2.45, 2.75) is 12.8 Å². The van der Waals surface area contributed by atoms with Crippen molar-refractivity contribution in [3.8, 4) is 11.1 Å². The van der Waals surface area contributed by atoms with Crippen LogP contribution in [0.1, 0.15) is 12.0 Å². The number of furan rings is 1. The van der Waals surface area contributed by atoms with E-state index in [1.807, 2.05) is 18.4 Å². The maximum Gasteiger partial charge on any atom is 0.0983 e. The molecule has 0 saturated heterocycles. The van der Waals surface area contributed by atoms with E-state index in [-0.39, 0.29) is 0 Å². The van der Waals surface area contributed by atoms with Crippen molar-refractivity contribution in [2.24, 2.45) is 0 Å². The van der Waals surface area contributed by atoms with Crippen LogP contribution < -0.4 is 0 Å². The summed E-state index contributed by atoms with van der Waals surface area (Å²) in [5.74, 6) is 0. The molecule has 0 bridgehead atoms. The van der Waals surface area contributed by atoms with Crippen LogP contribution in [0.5, 0.6) is 0 Å². The molecule has 0 aliphatic rings. The molecule has 1 aromatic heterocycles. The van der Waals surface area contributed by atoms with E-state index in [0.717, 1.165) is 17.3 Å². The highest BCUT2D eigenvalue weighted by Gasteiger charge is 2.06. The first kappa shape index (κ1) is 10.5. The topological polar surface area (TPSA) is 13.1 Å². The Labute approximate surface area is 98.2 Å². The fourth-order valence-corrected chi connectivity index (χ4v) is 1.85. The minimum Gasteiger partial charge on any atom is -0.472 e. The van der Waals surface area contributed by atoms with Gasteiger partial charge in [-0.3, -0.25) is 0 Å². The molecule has 2 aromatic rings. The third kappa shape index (κ3) is 2.32. The second kappa shape index (κ2) is 4.67. The molecule has 0 aliphatic carbocycles. The van der Waals surface area contributed by atoms with Gasteiger partial charge in [-0.25, -0.2) is 0 Å². The molecule has 0 amide bonds. The minimum absolute atomic E-state index is 0.892. The molecule has 0 aliphatic heterocycles. The molecule has 1 heterocycles. The van der Waals surface area contributed by atoms with Gasteiger partial charge in [0.05, 0.1) is 12.5 Å². The van der Waals surface area contributed by atoms with Gasteiger partial charge >= 0.3 is 0 Å². The Morgan fingerprint density at radius 2 is 1.87 bits per heavy atom. The molecule has 1 nitrogen and oxygen atoms in total. The highest BCUT2D eigenvalue weighted by molar-refractivity contribution is 9.10. The van der Waals surface area contributed by atoms with Gasteiger partial charge in [0.25, 0.3) is 0 Å². The van der Waals surface area contributed by atoms with Crippen LogP contribution in [0.3, 0.4) is 0 Å². The Morgan fingerprint density at radius 1 is 1.13 bits per heavy atom. The van der Waals surface area contributed by atoms with Crippen molar-refractivity contribution < 1.29 is 4.42 Å². The van der Waals surface area contributed by atoms with E-state index in [4.69, 9.17) is 4.42 Å². The number of benzene rings is 1. The fourth-order valence-electron chi connectivity index (χ4n) is 1.59. The van der Waals surface area contributed by atoms with E-state index in [1.54, 1.807) is 6.26 Å². The summed E-state index contributed by atoms with van der Waals surface area (Å²) in [5, 5.41) is 0. The Balaban J connectivity index is 2.36. The molecule has 1 radical (unpaired) electrons. The van der Waals surface area contributed by atoms with Crippen LogP contribution in [0.2, 0.25) is 0 Å². The van der Waals surface area contributed by atoms with Crippen LogP contribution >= 0.6 is 15.9 Å². The number of halogens is 1. The zero-order valence-electron chi connectivity index (χ0n) is 8.37.